The smallest absolute Gasteiger partial charge is 0.317 e. The van der Waals surface area contributed by atoms with Gasteiger partial charge in [-0.3, -0.25) is 4.79 Å². The molecule has 0 aliphatic rings. The van der Waals surface area contributed by atoms with E-state index in [1.54, 1.807) is 31.2 Å². The van der Waals surface area contributed by atoms with Crippen LogP contribution in [0.25, 0.3) is 0 Å². The lowest BCUT2D eigenvalue weighted by molar-refractivity contribution is -0.141. The molecule has 1 rings (SSSR count). The van der Waals surface area contributed by atoms with E-state index in [4.69, 9.17) is 16.3 Å². The summed E-state index contributed by atoms with van der Waals surface area (Å²) < 4.78 is 4.73. The van der Waals surface area contributed by atoms with Crippen LogP contribution in [0.1, 0.15) is 18.4 Å². The first-order valence-electron chi connectivity index (χ1n) is 4.55. The normalized spacial score (nSPS) is 11.9. The second kappa shape index (κ2) is 4.99. The second-order valence-corrected chi connectivity index (χ2v) is 3.79. The van der Waals surface area contributed by atoms with Gasteiger partial charge in [0, 0.05) is 5.02 Å². The molecule has 3 heteroatoms. The highest BCUT2D eigenvalue weighted by Gasteiger charge is 2.21. The Morgan fingerprint density at radius 1 is 1.40 bits per heavy atom. The Labute approximate surface area is 94.5 Å². The third-order valence-corrected chi connectivity index (χ3v) is 2.39. The van der Waals surface area contributed by atoms with Crippen molar-refractivity contribution in [2.45, 2.75) is 12.8 Å². The maximum Gasteiger partial charge on any atom is 0.317 e. The van der Waals surface area contributed by atoms with Crippen LogP contribution in [0.15, 0.2) is 36.4 Å². The van der Waals surface area contributed by atoms with Gasteiger partial charge in [-0.15, -0.1) is 0 Å². The van der Waals surface area contributed by atoms with Gasteiger partial charge < -0.3 is 4.74 Å². The molecule has 0 N–H and O–H groups in total. The van der Waals surface area contributed by atoms with Crippen LogP contribution in [0.2, 0.25) is 5.02 Å². The van der Waals surface area contributed by atoms with Gasteiger partial charge >= 0.3 is 5.97 Å². The molecular weight excluding hydrogens is 212 g/mol. The molecule has 0 heterocycles. The van der Waals surface area contributed by atoms with Gasteiger partial charge in [0.2, 0.25) is 0 Å². The molecule has 0 bridgehead atoms. The molecule has 0 saturated carbocycles. The summed E-state index contributed by atoms with van der Waals surface area (Å²) in [5, 5.41) is 0.643. The molecule has 80 valence electrons. The molecule has 0 saturated heterocycles. The summed E-state index contributed by atoms with van der Waals surface area (Å²) in [6.45, 7) is 5.59. The molecule has 0 aliphatic carbocycles. The fraction of sp³-hybridized carbons (Fsp3) is 0.250. The van der Waals surface area contributed by atoms with Crippen molar-refractivity contribution >= 4 is 17.6 Å². The molecule has 0 aliphatic heterocycles. The molecule has 0 amide bonds. The molecule has 1 atom stereocenters. The molecule has 1 unspecified atom stereocenters. The summed E-state index contributed by atoms with van der Waals surface area (Å²) in [6, 6.07) is 7.10. The van der Waals surface area contributed by atoms with Crippen LogP contribution in [0, 0.1) is 0 Å². The minimum atomic E-state index is -0.410. The molecule has 1 aromatic carbocycles. The minimum Gasteiger partial charge on any atom is -0.468 e. The fourth-order valence-corrected chi connectivity index (χ4v) is 1.52. The van der Waals surface area contributed by atoms with Crippen LogP contribution >= 0.6 is 11.6 Å². The minimum absolute atomic E-state index is 0.301. The van der Waals surface area contributed by atoms with Gasteiger partial charge in [-0.05, 0) is 24.6 Å². The summed E-state index contributed by atoms with van der Waals surface area (Å²) in [7, 11) is 1.37. The van der Waals surface area contributed by atoms with Crippen molar-refractivity contribution in [3.05, 3.63) is 47.0 Å². The van der Waals surface area contributed by atoms with Crippen molar-refractivity contribution in [3.8, 4) is 0 Å². The highest BCUT2D eigenvalue weighted by molar-refractivity contribution is 6.30. The van der Waals surface area contributed by atoms with Crippen molar-refractivity contribution in [2.75, 3.05) is 7.11 Å². The lowest BCUT2D eigenvalue weighted by Crippen LogP contribution is -2.14. The Balaban J connectivity index is 3.04. The first-order chi connectivity index (χ1) is 7.06. The number of ether oxygens (including phenoxy) is 1. The van der Waals surface area contributed by atoms with E-state index in [1.807, 2.05) is 0 Å². The summed E-state index contributed by atoms with van der Waals surface area (Å²) >= 11 is 5.77. The van der Waals surface area contributed by atoms with E-state index in [0.29, 0.717) is 5.02 Å². The molecule has 0 spiro atoms. The molecular formula is C12H13ClO2. The SMILES string of the molecule is C=C(C)C(C(=O)OC)c1ccc(Cl)cc1. The molecule has 0 aromatic heterocycles. The maximum atomic E-state index is 11.5. The van der Waals surface area contributed by atoms with Crippen LogP contribution in [0.4, 0.5) is 0 Å². The first-order valence-corrected chi connectivity index (χ1v) is 4.92. The molecule has 0 radical (unpaired) electrons. The number of halogens is 1. The Morgan fingerprint density at radius 3 is 2.33 bits per heavy atom. The third kappa shape index (κ3) is 2.83. The zero-order valence-electron chi connectivity index (χ0n) is 8.79. The highest BCUT2D eigenvalue weighted by atomic mass is 35.5. The summed E-state index contributed by atoms with van der Waals surface area (Å²) in [6.07, 6.45) is 0. The summed E-state index contributed by atoms with van der Waals surface area (Å²) in [5.74, 6) is -0.711. The van der Waals surface area contributed by atoms with E-state index in [1.165, 1.54) is 7.11 Å². The Bertz CT molecular complexity index is 368. The van der Waals surface area contributed by atoms with Gasteiger partial charge in [0.1, 0.15) is 5.92 Å². The maximum absolute atomic E-state index is 11.5. The topological polar surface area (TPSA) is 26.3 Å². The number of benzene rings is 1. The van der Waals surface area contributed by atoms with Crippen molar-refractivity contribution in [1.29, 1.82) is 0 Å². The van der Waals surface area contributed by atoms with Crippen molar-refractivity contribution in [1.82, 2.24) is 0 Å². The van der Waals surface area contributed by atoms with Gasteiger partial charge in [0.05, 0.1) is 7.11 Å². The van der Waals surface area contributed by atoms with Crippen LogP contribution in [-0.4, -0.2) is 13.1 Å². The predicted octanol–water partition coefficient (Wildman–Crippen LogP) is 3.17. The largest absolute Gasteiger partial charge is 0.468 e. The van der Waals surface area contributed by atoms with Gasteiger partial charge in [-0.2, -0.15) is 0 Å². The summed E-state index contributed by atoms with van der Waals surface area (Å²) in [4.78, 5) is 11.5. The van der Waals surface area contributed by atoms with Crippen molar-refractivity contribution in [3.63, 3.8) is 0 Å². The highest BCUT2D eigenvalue weighted by Crippen LogP contribution is 2.25. The lowest BCUT2D eigenvalue weighted by atomic mass is 9.93. The molecule has 1 aromatic rings. The van der Waals surface area contributed by atoms with Crippen LogP contribution in [0.3, 0.4) is 0 Å². The zero-order chi connectivity index (χ0) is 11.4. The standard InChI is InChI=1S/C12H13ClO2/c1-8(2)11(12(14)15-3)9-4-6-10(13)7-5-9/h4-7,11H,1H2,2-3H3. The zero-order valence-corrected chi connectivity index (χ0v) is 9.54. The van der Waals surface area contributed by atoms with E-state index >= 15 is 0 Å². The third-order valence-electron chi connectivity index (χ3n) is 2.13. The molecule has 15 heavy (non-hydrogen) atoms. The van der Waals surface area contributed by atoms with Crippen LogP contribution < -0.4 is 0 Å². The van der Waals surface area contributed by atoms with E-state index < -0.39 is 5.92 Å². The Kier molecular flexibility index (Phi) is 3.92. The number of hydrogen-bond donors (Lipinski definition) is 0. The monoisotopic (exact) mass is 224 g/mol. The average molecular weight is 225 g/mol. The number of carbonyl (C=O) groups excluding carboxylic acids is 1. The Hall–Kier alpha value is -1.28. The number of carbonyl (C=O) groups is 1. The van der Waals surface area contributed by atoms with Crippen LogP contribution in [-0.2, 0) is 9.53 Å². The first kappa shape index (κ1) is 11.8. The second-order valence-electron chi connectivity index (χ2n) is 3.35. The van der Waals surface area contributed by atoms with Gasteiger partial charge in [0.15, 0.2) is 0 Å². The summed E-state index contributed by atoms with van der Waals surface area (Å²) in [5.41, 5.74) is 1.60. The fourth-order valence-electron chi connectivity index (χ4n) is 1.39. The molecule has 2 nitrogen and oxygen atoms in total. The number of rotatable bonds is 3. The van der Waals surface area contributed by atoms with E-state index in [2.05, 4.69) is 6.58 Å². The van der Waals surface area contributed by atoms with Gasteiger partial charge in [0.25, 0.3) is 0 Å². The number of esters is 1. The van der Waals surface area contributed by atoms with E-state index in [-0.39, 0.29) is 5.97 Å². The average Bonchev–Trinajstić information content (AvgIpc) is 2.20. The number of hydrogen-bond acceptors (Lipinski definition) is 2. The Morgan fingerprint density at radius 2 is 1.93 bits per heavy atom. The number of methoxy groups -OCH3 is 1. The van der Waals surface area contributed by atoms with E-state index in [9.17, 15) is 4.79 Å². The van der Waals surface area contributed by atoms with Gasteiger partial charge in [-0.25, -0.2) is 0 Å². The predicted molar refractivity (Wildman–Crippen MR) is 61.0 cm³/mol. The van der Waals surface area contributed by atoms with Crippen molar-refractivity contribution < 1.29 is 9.53 Å². The van der Waals surface area contributed by atoms with Gasteiger partial charge in [-0.1, -0.05) is 35.9 Å². The molecule has 0 fully saturated rings. The van der Waals surface area contributed by atoms with Crippen molar-refractivity contribution in [2.24, 2.45) is 0 Å². The lowest BCUT2D eigenvalue weighted by Gasteiger charge is -2.14. The van der Waals surface area contributed by atoms with Crippen LogP contribution in [0.5, 0.6) is 0 Å². The quantitative estimate of drug-likeness (QED) is 0.582. The van der Waals surface area contributed by atoms with E-state index in [0.717, 1.165) is 11.1 Å².